The van der Waals surface area contributed by atoms with Crippen LogP contribution in [0.1, 0.15) is 84.6 Å². The Morgan fingerprint density at radius 1 is 0.686 bits per heavy atom. The summed E-state index contributed by atoms with van der Waals surface area (Å²) in [4.78, 5) is 27.5. The molecule has 0 aliphatic carbocycles. The van der Waals surface area contributed by atoms with E-state index in [0.29, 0.717) is 54.6 Å². The van der Waals surface area contributed by atoms with Crippen molar-refractivity contribution in [2.45, 2.75) is 79.1 Å². The smallest absolute Gasteiger partial charge is 0.258 e. The molecule has 2 heterocycles. The van der Waals surface area contributed by atoms with Crippen molar-refractivity contribution in [3.63, 3.8) is 0 Å². The first-order valence-electron chi connectivity index (χ1n) is 17.7. The fraction of sp³-hybridized carbons (Fsp3) is 0.400. The molecule has 51 heavy (non-hydrogen) atoms. The van der Waals surface area contributed by atoms with Crippen LogP contribution in [0, 0.1) is 12.3 Å². The lowest BCUT2D eigenvalue weighted by Crippen LogP contribution is -2.08. The fourth-order valence-electron chi connectivity index (χ4n) is 4.82. The summed E-state index contributed by atoms with van der Waals surface area (Å²) in [5, 5.41) is 4.73. The maximum atomic E-state index is 11.8. The van der Waals surface area contributed by atoms with Crippen molar-refractivity contribution >= 4 is 45.7 Å². The van der Waals surface area contributed by atoms with Gasteiger partial charge < -0.3 is 29.2 Å². The quantitative estimate of drug-likeness (QED) is 0.0675. The van der Waals surface area contributed by atoms with Gasteiger partial charge in [0.1, 0.15) is 12.1 Å². The summed E-state index contributed by atoms with van der Waals surface area (Å²) >= 11 is 0. The summed E-state index contributed by atoms with van der Waals surface area (Å²) in [6.45, 7) is 11.1. The van der Waals surface area contributed by atoms with Crippen LogP contribution in [0.5, 0.6) is 23.0 Å². The predicted molar refractivity (Wildman–Crippen MR) is 208 cm³/mol. The monoisotopic (exact) mass is 715 g/mol. The molecule has 2 N–H and O–H groups in total. The summed E-state index contributed by atoms with van der Waals surface area (Å²) in [5.41, 5.74) is 2.93. The number of aromatic amines is 1. The number of unbranched alkanes of at least 4 members (excludes halogenated alkanes) is 4. The number of hydrogen-bond acceptors (Lipinski definition) is 9. The van der Waals surface area contributed by atoms with Crippen molar-refractivity contribution in [3.8, 4) is 35.3 Å². The Balaban J connectivity index is 0.000000284. The zero-order chi connectivity index (χ0) is 35.6. The minimum atomic E-state index is -0.166. The zero-order valence-corrected chi connectivity index (χ0v) is 30.9. The number of fused-ring (bicyclic) bond motifs is 2. The number of H-pyrrole nitrogens is 1. The van der Waals surface area contributed by atoms with E-state index in [4.69, 9.17) is 25.4 Å². The Morgan fingerprint density at radius 3 is 1.73 bits per heavy atom. The largest absolute Gasteiger partial charge is 0.490 e. The molecule has 10 nitrogen and oxygen atoms in total. The second-order valence-electron chi connectivity index (χ2n) is 11.7. The molecule has 5 aromatic rings. The van der Waals surface area contributed by atoms with E-state index in [2.05, 4.69) is 58.9 Å². The van der Waals surface area contributed by atoms with Crippen molar-refractivity contribution < 1.29 is 18.9 Å². The average molecular weight is 716 g/mol. The molecule has 0 aliphatic rings. The second kappa shape index (κ2) is 21.9. The van der Waals surface area contributed by atoms with Crippen LogP contribution >= 0.6 is 12.4 Å². The highest BCUT2D eigenvalue weighted by Crippen LogP contribution is 2.35. The second-order valence-corrected chi connectivity index (χ2v) is 11.7. The third kappa shape index (κ3) is 12.1. The molecule has 0 radical (unpaired) electrons. The highest BCUT2D eigenvalue weighted by atomic mass is 35.5. The third-order valence-electron chi connectivity index (χ3n) is 7.72. The minimum Gasteiger partial charge on any atom is -0.490 e. The molecule has 272 valence electrons. The van der Waals surface area contributed by atoms with E-state index < -0.39 is 0 Å². The van der Waals surface area contributed by atoms with Crippen LogP contribution in [0.3, 0.4) is 0 Å². The van der Waals surface area contributed by atoms with Gasteiger partial charge >= 0.3 is 0 Å². The van der Waals surface area contributed by atoms with Crippen LogP contribution in [0.2, 0.25) is 0 Å². The summed E-state index contributed by atoms with van der Waals surface area (Å²) in [7, 11) is 0. The summed E-state index contributed by atoms with van der Waals surface area (Å²) in [6.07, 6.45) is 16.7. The number of hydrogen-bond donors (Lipinski definition) is 2. The number of halogens is 1. The molecule has 0 saturated carbocycles. The normalized spacial score (nSPS) is 10.4. The minimum absolute atomic E-state index is 0. The van der Waals surface area contributed by atoms with Gasteiger partial charge in [0.05, 0.1) is 49.2 Å². The van der Waals surface area contributed by atoms with Crippen LogP contribution < -0.4 is 29.8 Å². The molecule has 3 aromatic carbocycles. The number of benzene rings is 3. The molecule has 0 amide bonds. The molecule has 11 heteroatoms. The third-order valence-corrected chi connectivity index (χ3v) is 7.72. The zero-order valence-electron chi connectivity index (χ0n) is 30.1. The number of terminal acetylenes is 1. The Labute approximate surface area is 307 Å². The van der Waals surface area contributed by atoms with E-state index in [1.165, 1.54) is 6.33 Å². The molecular weight excluding hydrogens is 666 g/mol. The lowest BCUT2D eigenvalue weighted by atomic mass is 10.2. The van der Waals surface area contributed by atoms with Crippen LogP contribution in [-0.4, -0.2) is 46.4 Å². The molecule has 0 spiro atoms. The standard InChI is InChI=1S/C24H27N3O2.C16H22N2O3.ClH/c1-4-7-12-28-22-15-20-21(16-23(22)29-13-8-5-2)25-17-26-24(20)27-19-11-9-10-18(6-3)14-19;1-3-5-7-20-14-9-12-13(17-11-18-16(12)19)10-15(14)21-8-6-4-2;/h3,9-11,14-17H,4-5,7-8,12-13H2,1-2H3,(H,25,26,27);9-11H,3-8H2,1-2H3,(H,17,18,19);1H. The summed E-state index contributed by atoms with van der Waals surface area (Å²) < 4.78 is 23.5. The highest BCUT2D eigenvalue weighted by Gasteiger charge is 2.14. The summed E-state index contributed by atoms with van der Waals surface area (Å²) in [6, 6.07) is 15.1. The van der Waals surface area contributed by atoms with E-state index in [1.54, 1.807) is 18.5 Å². The Kier molecular flexibility index (Phi) is 17.4. The summed E-state index contributed by atoms with van der Waals surface area (Å²) in [5.74, 6) is 6.07. The molecule has 0 bridgehead atoms. The van der Waals surface area contributed by atoms with Gasteiger partial charge in [-0.3, -0.25) is 4.79 Å². The Morgan fingerprint density at radius 2 is 1.20 bits per heavy atom. The van der Waals surface area contributed by atoms with Crippen molar-refractivity contribution in [3.05, 3.63) is 77.1 Å². The number of rotatable bonds is 18. The Hall–Kier alpha value is -5.01. The maximum absolute atomic E-state index is 11.8. The van der Waals surface area contributed by atoms with Gasteiger partial charge in [0.15, 0.2) is 23.0 Å². The fourth-order valence-corrected chi connectivity index (χ4v) is 4.82. The molecule has 0 aliphatic heterocycles. The predicted octanol–water partition coefficient (Wildman–Crippen LogP) is 9.42. The first-order valence-corrected chi connectivity index (χ1v) is 17.7. The number of nitrogens with one attached hydrogen (secondary N) is 2. The van der Waals surface area contributed by atoms with E-state index in [1.807, 2.05) is 36.4 Å². The number of aromatic nitrogens is 4. The molecule has 0 atom stereocenters. The Bertz CT molecular complexity index is 1910. The van der Waals surface area contributed by atoms with Gasteiger partial charge in [-0.25, -0.2) is 15.0 Å². The first kappa shape index (κ1) is 40.4. The van der Waals surface area contributed by atoms with Gasteiger partial charge in [0.2, 0.25) is 0 Å². The van der Waals surface area contributed by atoms with Crippen molar-refractivity contribution in [1.82, 2.24) is 19.9 Å². The van der Waals surface area contributed by atoms with Gasteiger partial charge in [0, 0.05) is 28.8 Å². The lowest BCUT2D eigenvalue weighted by Gasteiger charge is -2.15. The van der Waals surface area contributed by atoms with E-state index >= 15 is 0 Å². The van der Waals surface area contributed by atoms with Crippen molar-refractivity contribution in [2.24, 2.45) is 0 Å². The van der Waals surface area contributed by atoms with Gasteiger partial charge in [-0.05, 0) is 56.0 Å². The van der Waals surface area contributed by atoms with E-state index in [9.17, 15) is 4.79 Å². The molecule has 2 aromatic heterocycles. The number of nitrogens with zero attached hydrogens (tertiary/aromatic N) is 3. The lowest BCUT2D eigenvalue weighted by molar-refractivity contribution is 0.262. The van der Waals surface area contributed by atoms with E-state index in [-0.39, 0.29) is 18.0 Å². The molecule has 5 rings (SSSR count). The highest BCUT2D eigenvalue weighted by molar-refractivity contribution is 5.93. The van der Waals surface area contributed by atoms with Crippen LogP contribution in [-0.2, 0) is 0 Å². The van der Waals surface area contributed by atoms with Gasteiger partial charge in [-0.2, -0.15) is 0 Å². The number of ether oxygens (including phenoxy) is 4. The maximum Gasteiger partial charge on any atom is 0.258 e. The van der Waals surface area contributed by atoms with Gasteiger partial charge in [-0.1, -0.05) is 65.4 Å². The first-order chi connectivity index (χ1) is 24.5. The van der Waals surface area contributed by atoms with Gasteiger partial charge in [-0.15, -0.1) is 18.8 Å². The topological polar surface area (TPSA) is 120 Å². The molecule has 0 unspecified atom stereocenters. The SMILES string of the molecule is C#Cc1cccc(Nc2ncnc3cc(OCCCC)c(OCCCC)cc23)c1.CCCCOc1cc2nc[nH]c(=O)c2cc1OCCCC.Cl. The van der Waals surface area contributed by atoms with Crippen molar-refractivity contribution in [1.29, 1.82) is 0 Å². The van der Waals surface area contributed by atoms with Crippen LogP contribution in [0.4, 0.5) is 11.5 Å². The van der Waals surface area contributed by atoms with Crippen LogP contribution in [0.15, 0.2) is 66.0 Å². The molecule has 0 saturated heterocycles. The van der Waals surface area contributed by atoms with Gasteiger partial charge in [0.25, 0.3) is 5.56 Å². The number of anilines is 2. The average Bonchev–Trinajstić information content (AvgIpc) is 3.13. The molecule has 0 fully saturated rings. The molecular formula is C40H50ClN5O5. The van der Waals surface area contributed by atoms with Crippen molar-refractivity contribution in [2.75, 3.05) is 31.7 Å². The van der Waals surface area contributed by atoms with E-state index in [0.717, 1.165) is 85.0 Å². The van der Waals surface area contributed by atoms with Crippen LogP contribution in [0.25, 0.3) is 21.8 Å².